The molecule has 2 bridgehead atoms. The molecule has 0 radical (unpaired) electrons. The third-order valence-corrected chi connectivity index (χ3v) is 5.89. The lowest BCUT2D eigenvalue weighted by atomic mass is 9.82. The largest absolute Gasteiger partial charge is 0.274 e. The molecule has 3 nitrogen and oxygen atoms in total. The van der Waals surface area contributed by atoms with E-state index in [4.69, 9.17) is 0 Å². The Morgan fingerprint density at radius 2 is 1.70 bits per heavy atom. The minimum absolute atomic E-state index is 0.00342. The Kier molecular flexibility index (Phi) is 2.45. The first-order valence-corrected chi connectivity index (χ1v) is 8.20. The normalized spacial score (nSPS) is 31.9. The maximum Gasteiger partial charge on any atom is 0.238 e. The van der Waals surface area contributed by atoms with E-state index in [0.717, 1.165) is 22.9 Å². The summed E-state index contributed by atoms with van der Waals surface area (Å²) < 4.78 is 0. The zero-order chi connectivity index (χ0) is 15.7. The Bertz CT molecular complexity index is 892. The van der Waals surface area contributed by atoms with Crippen LogP contribution in [-0.2, 0) is 9.59 Å². The number of allylic oxidation sites excluding steroid dienone is 2. The second-order valence-corrected chi connectivity index (χ2v) is 6.98. The lowest BCUT2D eigenvalue weighted by Crippen LogP contribution is -2.33. The number of nitrogens with zero attached hydrogens (tertiary/aromatic N) is 1. The van der Waals surface area contributed by atoms with Crippen molar-refractivity contribution in [3.05, 3.63) is 54.1 Å². The van der Waals surface area contributed by atoms with Gasteiger partial charge in [-0.15, -0.1) is 0 Å². The van der Waals surface area contributed by atoms with Gasteiger partial charge in [0.25, 0.3) is 0 Å². The quantitative estimate of drug-likeness (QED) is 0.597. The Balaban J connectivity index is 1.65. The van der Waals surface area contributed by atoms with Crippen molar-refractivity contribution in [1.29, 1.82) is 0 Å². The molecule has 1 saturated carbocycles. The van der Waals surface area contributed by atoms with E-state index in [1.54, 1.807) is 0 Å². The van der Waals surface area contributed by atoms with Gasteiger partial charge in [-0.1, -0.05) is 48.0 Å². The molecule has 2 aromatic rings. The van der Waals surface area contributed by atoms with Crippen molar-refractivity contribution in [2.24, 2.45) is 23.7 Å². The third-order valence-electron chi connectivity index (χ3n) is 5.89. The Morgan fingerprint density at radius 1 is 0.957 bits per heavy atom. The van der Waals surface area contributed by atoms with Crippen LogP contribution in [0.15, 0.2) is 54.1 Å². The first kappa shape index (κ1) is 13.1. The van der Waals surface area contributed by atoms with Crippen LogP contribution in [-0.4, -0.2) is 11.8 Å². The van der Waals surface area contributed by atoms with Crippen LogP contribution in [0.25, 0.3) is 10.8 Å². The predicted molar refractivity (Wildman–Crippen MR) is 88.8 cm³/mol. The first-order chi connectivity index (χ1) is 11.2. The van der Waals surface area contributed by atoms with Crippen molar-refractivity contribution in [3.8, 4) is 0 Å². The Hall–Kier alpha value is -2.42. The number of hydrogen-bond donors (Lipinski definition) is 0. The van der Waals surface area contributed by atoms with Crippen LogP contribution < -0.4 is 4.90 Å². The lowest BCUT2D eigenvalue weighted by molar-refractivity contribution is -0.123. The summed E-state index contributed by atoms with van der Waals surface area (Å²) >= 11 is 0. The fraction of sp³-hybridized carbons (Fsp3) is 0.300. The zero-order valence-corrected chi connectivity index (χ0v) is 12.9. The van der Waals surface area contributed by atoms with Crippen LogP contribution in [0.1, 0.15) is 13.3 Å². The Labute approximate surface area is 134 Å². The predicted octanol–water partition coefficient (Wildman–Crippen LogP) is 3.54. The number of carbonyl (C=O) groups is 2. The van der Waals surface area contributed by atoms with E-state index >= 15 is 0 Å². The molecule has 2 fully saturated rings. The Morgan fingerprint density at radius 3 is 2.57 bits per heavy atom. The number of carbonyl (C=O) groups excluding carboxylic acids is 2. The summed E-state index contributed by atoms with van der Waals surface area (Å²) in [6, 6.07) is 13.7. The summed E-state index contributed by atoms with van der Waals surface area (Å²) in [5.74, 6) is 0.221. The summed E-state index contributed by atoms with van der Waals surface area (Å²) in [5.41, 5.74) is 2.03. The van der Waals surface area contributed by atoms with Crippen molar-refractivity contribution in [2.45, 2.75) is 13.3 Å². The topological polar surface area (TPSA) is 37.4 Å². The fourth-order valence-corrected chi connectivity index (χ4v) is 4.92. The smallest absolute Gasteiger partial charge is 0.238 e. The molecule has 3 heteroatoms. The molecule has 3 aliphatic rings. The SMILES string of the molecule is CC1=C[C@@H]2C[C@@H]1[C@@H]1C(=O)N(c3cccc4ccccc34)C(=O)[C@H]12. The van der Waals surface area contributed by atoms with Crippen molar-refractivity contribution >= 4 is 28.3 Å². The first-order valence-electron chi connectivity index (χ1n) is 8.20. The molecular formula is C20H17NO2. The van der Waals surface area contributed by atoms with E-state index in [1.807, 2.05) is 42.5 Å². The number of hydrogen-bond acceptors (Lipinski definition) is 2. The minimum atomic E-state index is -0.143. The highest BCUT2D eigenvalue weighted by molar-refractivity contribution is 6.25. The lowest BCUT2D eigenvalue weighted by Gasteiger charge is -2.20. The van der Waals surface area contributed by atoms with Gasteiger partial charge in [0, 0.05) is 5.39 Å². The molecule has 2 aliphatic carbocycles. The molecule has 0 spiro atoms. The highest BCUT2D eigenvalue weighted by Gasteiger charge is 2.61. The molecule has 0 aromatic heterocycles. The highest BCUT2D eigenvalue weighted by atomic mass is 16.2. The van der Waals surface area contributed by atoms with E-state index in [-0.39, 0.29) is 35.5 Å². The van der Waals surface area contributed by atoms with Crippen LogP contribution in [0.3, 0.4) is 0 Å². The standard InChI is InChI=1S/C20H17NO2/c1-11-9-13-10-15(11)18-17(13)19(22)21(20(18)23)16-8-4-6-12-5-2-3-7-14(12)16/h2-9,13,15,17-18H,10H2,1H3/t13-,15+,17+,18+/m1/s1. The molecule has 23 heavy (non-hydrogen) atoms. The summed E-state index contributed by atoms with van der Waals surface area (Å²) in [4.78, 5) is 27.5. The number of amides is 2. The van der Waals surface area contributed by atoms with Gasteiger partial charge in [0.1, 0.15) is 0 Å². The summed E-state index contributed by atoms with van der Waals surface area (Å²) in [6.45, 7) is 2.10. The number of rotatable bonds is 1. The van der Waals surface area contributed by atoms with Gasteiger partial charge in [-0.05, 0) is 36.6 Å². The van der Waals surface area contributed by atoms with Gasteiger partial charge in [-0.2, -0.15) is 0 Å². The average Bonchev–Trinajstić information content (AvgIpc) is 3.18. The molecule has 5 rings (SSSR count). The van der Waals surface area contributed by atoms with Crippen molar-refractivity contribution < 1.29 is 9.59 Å². The number of fused-ring (bicyclic) bond motifs is 6. The molecule has 0 unspecified atom stereocenters. The molecule has 1 saturated heterocycles. The number of imide groups is 1. The molecule has 2 aromatic carbocycles. The third kappa shape index (κ3) is 1.55. The van der Waals surface area contributed by atoms with E-state index in [9.17, 15) is 9.59 Å². The maximum atomic E-state index is 13.1. The van der Waals surface area contributed by atoms with Crippen molar-refractivity contribution in [3.63, 3.8) is 0 Å². The van der Waals surface area contributed by atoms with Gasteiger partial charge in [0.05, 0.1) is 17.5 Å². The van der Waals surface area contributed by atoms with Crippen LogP contribution in [0.4, 0.5) is 5.69 Å². The van der Waals surface area contributed by atoms with Crippen LogP contribution in [0.5, 0.6) is 0 Å². The van der Waals surface area contributed by atoms with E-state index in [0.29, 0.717) is 0 Å². The number of anilines is 1. The minimum Gasteiger partial charge on any atom is -0.274 e. The molecule has 114 valence electrons. The van der Waals surface area contributed by atoms with Crippen LogP contribution >= 0.6 is 0 Å². The molecule has 0 N–H and O–H groups in total. The molecular weight excluding hydrogens is 286 g/mol. The monoisotopic (exact) mass is 303 g/mol. The highest BCUT2D eigenvalue weighted by Crippen LogP contribution is 2.56. The summed E-state index contributed by atoms with van der Waals surface area (Å²) in [6.07, 6.45) is 3.19. The maximum absolute atomic E-state index is 13.1. The van der Waals surface area contributed by atoms with Crippen LogP contribution in [0.2, 0.25) is 0 Å². The average molecular weight is 303 g/mol. The molecule has 1 aliphatic heterocycles. The van der Waals surface area contributed by atoms with Gasteiger partial charge >= 0.3 is 0 Å². The molecule has 4 atom stereocenters. The molecule has 2 amide bonds. The van der Waals surface area contributed by atoms with E-state index < -0.39 is 0 Å². The van der Waals surface area contributed by atoms with Crippen LogP contribution in [0, 0.1) is 23.7 Å². The van der Waals surface area contributed by atoms with Gasteiger partial charge < -0.3 is 0 Å². The van der Waals surface area contributed by atoms with Gasteiger partial charge in [0.15, 0.2) is 0 Å². The second kappa shape index (κ2) is 4.31. The zero-order valence-electron chi connectivity index (χ0n) is 12.9. The van der Waals surface area contributed by atoms with E-state index in [1.165, 1.54) is 10.5 Å². The number of benzene rings is 2. The fourth-order valence-electron chi connectivity index (χ4n) is 4.92. The summed E-state index contributed by atoms with van der Waals surface area (Å²) in [7, 11) is 0. The van der Waals surface area contributed by atoms with Crippen molar-refractivity contribution in [2.75, 3.05) is 4.90 Å². The van der Waals surface area contributed by atoms with Gasteiger partial charge in [-0.25, -0.2) is 4.90 Å². The summed E-state index contributed by atoms with van der Waals surface area (Å²) in [5, 5.41) is 2.02. The second-order valence-electron chi connectivity index (χ2n) is 6.98. The van der Waals surface area contributed by atoms with Crippen molar-refractivity contribution in [1.82, 2.24) is 0 Å². The van der Waals surface area contributed by atoms with E-state index in [2.05, 4.69) is 13.0 Å². The molecule has 1 heterocycles. The van der Waals surface area contributed by atoms with Gasteiger partial charge in [0.2, 0.25) is 11.8 Å². The van der Waals surface area contributed by atoms with Gasteiger partial charge in [-0.3, -0.25) is 9.59 Å².